The average Bonchev–Trinajstić information content (AvgIpc) is 2.18. The van der Waals surface area contributed by atoms with Gasteiger partial charge in [-0.15, -0.1) is 0 Å². The third-order valence-corrected chi connectivity index (χ3v) is 2.40. The Morgan fingerprint density at radius 1 is 1.43 bits per heavy atom. The summed E-state index contributed by atoms with van der Waals surface area (Å²) >= 11 is 0. The largest absolute Gasteiger partial charge is 0.388 e. The summed E-state index contributed by atoms with van der Waals surface area (Å²) in [6.45, 7) is 7.93. The fourth-order valence-electron chi connectivity index (χ4n) is 1.60. The monoisotopic (exact) mass is 187 g/mol. The number of anilines is 1. The summed E-state index contributed by atoms with van der Waals surface area (Å²) in [5, 5.41) is 3.18. The number of allylic oxidation sites excluding steroid dienone is 3. The third kappa shape index (κ3) is 2.05. The highest BCUT2D eigenvalue weighted by molar-refractivity contribution is 5.72. The maximum Gasteiger partial charge on any atom is 0.0373 e. The molecule has 0 spiro atoms. The number of hydrogen-bond acceptors (Lipinski definition) is 1. The van der Waals surface area contributed by atoms with Crippen LogP contribution >= 0.6 is 0 Å². The summed E-state index contributed by atoms with van der Waals surface area (Å²) in [4.78, 5) is 0. The maximum absolute atomic E-state index is 3.71. The predicted molar refractivity (Wildman–Crippen MR) is 64.6 cm³/mol. The van der Waals surface area contributed by atoms with Gasteiger partial charge < -0.3 is 5.32 Å². The lowest BCUT2D eigenvalue weighted by Crippen LogP contribution is -1.94. The first-order chi connectivity index (χ1) is 6.70. The summed E-state index contributed by atoms with van der Waals surface area (Å²) in [6, 6.07) is 6.28. The number of hydrogen-bond donors (Lipinski definition) is 1. The van der Waals surface area contributed by atoms with Crippen molar-refractivity contribution in [3.05, 3.63) is 48.1 Å². The summed E-state index contributed by atoms with van der Waals surface area (Å²) in [5.41, 5.74) is 4.98. The van der Waals surface area contributed by atoms with Crippen molar-refractivity contribution in [2.45, 2.75) is 13.8 Å². The lowest BCUT2D eigenvalue weighted by atomic mass is 10.00. The molecule has 0 heterocycles. The Kier molecular flexibility index (Phi) is 3.52. The van der Waals surface area contributed by atoms with Crippen LogP contribution in [0.2, 0.25) is 0 Å². The smallest absolute Gasteiger partial charge is 0.0373 e. The van der Waals surface area contributed by atoms with Gasteiger partial charge in [-0.25, -0.2) is 0 Å². The van der Waals surface area contributed by atoms with Gasteiger partial charge in [-0.3, -0.25) is 0 Å². The van der Waals surface area contributed by atoms with Crippen LogP contribution in [0.3, 0.4) is 0 Å². The van der Waals surface area contributed by atoms with Crippen LogP contribution in [-0.4, -0.2) is 7.05 Å². The molecule has 0 unspecified atom stereocenters. The van der Waals surface area contributed by atoms with Crippen molar-refractivity contribution in [1.29, 1.82) is 0 Å². The standard InChI is InChI=1S/C13H17N/c1-5-7-10(2)12-8-6-9-13(14-4)11(12)3/h5-9,14H,1H2,2-4H3/b10-7+. The van der Waals surface area contributed by atoms with Gasteiger partial charge in [0.1, 0.15) is 0 Å². The third-order valence-electron chi connectivity index (χ3n) is 2.40. The number of nitrogens with one attached hydrogen (secondary N) is 1. The molecule has 0 saturated carbocycles. The SMILES string of the molecule is C=C/C=C(\C)c1cccc(NC)c1C. The van der Waals surface area contributed by atoms with Crippen molar-refractivity contribution >= 4 is 11.3 Å². The first-order valence-electron chi connectivity index (χ1n) is 4.77. The molecular weight excluding hydrogens is 170 g/mol. The molecule has 74 valence electrons. The molecule has 0 aliphatic rings. The zero-order chi connectivity index (χ0) is 10.6. The van der Waals surface area contributed by atoms with Crippen LogP contribution in [-0.2, 0) is 0 Å². The summed E-state index contributed by atoms with van der Waals surface area (Å²) in [7, 11) is 1.94. The van der Waals surface area contributed by atoms with E-state index in [9.17, 15) is 0 Å². The fraction of sp³-hybridized carbons (Fsp3) is 0.231. The van der Waals surface area contributed by atoms with Gasteiger partial charge in [-0.05, 0) is 36.6 Å². The van der Waals surface area contributed by atoms with Crippen LogP contribution < -0.4 is 5.32 Å². The zero-order valence-corrected chi connectivity index (χ0v) is 9.09. The Morgan fingerprint density at radius 3 is 2.71 bits per heavy atom. The van der Waals surface area contributed by atoms with E-state index in [4.69, 9.17) is 0 Å². The topological polar surface area (TPSA) is 12.0 Å². The number of rotatable bonds is 3. The zero-order valence-electron chi connectivity index (χ0n) is 9.09. The second kappa shape index (κ2) is 4.66. The van der Waals surface area contributed by atoms with Gasteiger partial charge in [0.25, 0.3) is 0 Å². The molecule has 0 aromatic heterocycles. The second-order valence-electron chi connectivity index (χ2n) is 3.31. The molecule has 1 nitrogen and oxygen atoms in total. The van der Waals surface area contributed by atoms with E-state index in [1.165, 1.54) is 22.4 Å². The van der Waals surface area contributed by atoms with Gasteiger partial charge in [-0.2, -0.15) is 0 Å². The Labute approximate surface area is 86.2 Å². The molecule has 1 rings (SSSR count). The molecule has 0 fully saturated rings. The van der Waals surface area contributed by atoms with Crippen LogP contribution in [0.1, 0.15) is 18.1 Å². The van der Waals surface area contributed by atoms with E-state index >= 15 is 0 Å². The van der Waals surface area contributed by atoms with Crippen LogP contribution in [0.25, 0.3) is 5.57 Å². The van der Waals surface area contributed by atoms with E-state index in [1.807, 2.05) is 19.2 Å². The van der Waals surface area contributed by atoms with Gasteiger partial charge in [0, 0.05) is 12.7 Å². The van der Waals surface area contributed by atoms with Gasteiger partial charge in [0.15, 0.2) is 0 Å². The average molecular weight is 187 g/mol. The number of benzene rings is 1. The van der Waals surface area contributed by atoms with E-state index in [0.717, 1.165) is 0 Å². The van der Waals surface area contributed by atoms with Crippen molar-refractivity contribution in [1.82, 2.24) is 0 Å². The van der Waals surface area contributed by atoms with Crippen LogP contribution in [0.15, 0.2) is 36.9 Å². The minimum absolute atomic E-state index is 1.18. The molecule has 0 aliphatic carbocycles. The van der Waals surface area contributed by atoms with Crippen LogP contribution in [0.4, 0.5) is 5.69 Å². The molecule has 0 saturated heterocycles. The van der Waals surface area contributed by atoms with Gasteiger partial charge in [0.05, 0.1) is 0 Å². The Bertz CT molecular complexity index is 361. The van der Waals surface area contributed by atoms with E-state index in [-0.39, 0.29) is 0 Å². The predicted octanol–water partition coefficient (Wildman–Crippen LogP) is 3.63. The van der Waals surface area contributed by atoms with Gasteiger partial charge >= 0.3 is 0 Å². The van der Waals surface area contributed by atoms with Gasteiger partial charge in [0.2, 0.25) is 0 Å². The minimum atomic E-state index is 1.18. The lowest BCUT2D eigenvalue weighted by molar-refractivity contribution is 1.37. The molecule has 0 atom stereocenters. The molecule has 0 amide bonds. The molecule has 1 heteroatoms. The van der Waals surface area contributed by atoms with Crippen molar-refractivity contribution < 1.29 is 0 Å². The van der Waals surface area contributed by atoms with E-state index < -0.39 is 0 Å². The van der Waals surface area contributed by atoms with Crippen molar-refractivity contribution in [2.24, 2.45) is 0 Å². The quantitative estimate of drug-likeness (QED) is 0.712. The van der Waals surface area contributed by atoms with Crippen LogP contribution in [0, 0.1) is 6.92 Å². The lowest BCUT2D eigenvalue weighted by Gasteiger charge is -2.10. The molecule has 1 N–H and O–H groups in total. The molecule has 0 radical (unpaired) electrons. The minimum Gasteiger partial charge on any atom is -0.388 e. The first kappa shape index (κ1) is 10.6. The molecule has 1 aromatic rings. The molecule has 0 aliphatic heterocycles. The normalized spacial score (nSPS) is 11.2. The molecule has 1 aromatic carbocycles. The van der Waals surface area contributed by atoms with Gasteiger partial charge in [-0.1, -0.05) is 30.9 Å². The highest BCUT2D eigenvalue weighted by atomic mass is 14.8. The van der Waals surface area contributed by atoms with Crippen molar-refractivity contribution in [3.63, 3.8) is 0 Å². The second-order valence-corrected chi connectivity index (χ2v) is 3.31. The Balaban J connectivity index is 3.22. The summed E-state index contributed by atoms with van der Waals surface area (Å²) in [5.74, 6) is 0. The molecule has 14 heavy (non-hydrogen) atoms. The van der Waals surface area contributed by atoms with E-state index in [2.05, 4.69) is 43.9 Å². The Hall–Kier alpha value is -1.50. The summed E-state index contributed by atoms with van der Waals surface area (Å²) < 4.78 is 0. The van der Waals surface area contributed by atoms with E-state index in [1.54, 1.807) is 0 Å². The molecule has 0 bridgehead atoms. The van der Waals surface area contributed by atoms with Crippen LogP contribution in [0.5, 0.6) is 0 Å². The fourth-order valence-corrected chi connectivity index (χ4v) is 1.60. The molecular formula is C13H17N. The van der Waals surface area contributed by atoms with E-state index in [0.29, 0.717) is 0 Å². The Morgan fingerprint density at radius 2 is 2.14 bits per heavy atom. The first-order valence-corrected chi connectivity index (χ1v) is 4.77. The van der Waals surface area contributed by atoms with Crippen molar-refractivity contribution in [2.75, 3.05) is 12.4 Å². The van der Waals surface area contributed by atoms with Crippen molar-refractivity contribution in [3.8, 4) is 0 Å². The summed E-state index contributed by atoms with van der Waals surface area (Å²) in [6.07, 6.45) is 3.85. The highest BCUT2D eigenvalue weighted by Gasteiger charge is 2.02. The maximum atomic E-state index is 3.71. The highest BCUT2D eigenvalue weighted by Crippen LogP contribution is 2.24.